The van der Waals surface area contributed by atoms with Crippen molar-refractivity contribution >= 4 is 16.9 Å². The molecule has 0 radical (unpaired) electrons. The van der Waals surface area contributed by atoms with Gasteiger partial charge in [0.05, 0.1) is 11.0 Å². The normalized spacial score (nSPS) is 18.8. The van der Waals surface area contributed by atoms with Gasteiger partial charge in [0.2, 0.25) is 0 Å². The van der Waals surface area contributed by atoms with E-state index < -0.39 is 0 Å². The Labute approximate surface area is 129 Å². The van der Waals surface area contributed by atoms with Gasteiger partial charge in [-0.15, -0.1) is 0 Å². The van der Waals surface area contributed by atoms with Crippen LogP contribution in [0.25, 0.3) is 11.0 Å². The molecule has 0 atom stereocenters. The van der Waals surface area contributed by atoms with Crippen LogP contribution in [0.3, 0.4) is 0 Å². The molecule has 1 aromatic carbocycles. The van der Waals surface area contributed by atoms with Crippen LogP contribution in [0.15, 0.2) is 23.0 Å². The number of fused-ring (bicyclic) bond motifs is 1. The van der Waals surface area contributed by atoms with Gasteiger partial charge in [0, 0.05) is 37.8 Å². The number of benzene rings is 1. The second kappa shape index (κ2) is 4.98. The Bertz CT molecular complexity index is 787. The van der Waals surface area contributed by atoms with Crippen LogP contribution in [0, 0.1) is 0 Å². The number of carbonyl (C=O) groups excluding carboxylic acids is 1. The number of hydrogen-bond donors (Lipinski definition) is 1. The summed E-state index contributed by atoms with van der Waals surface area (Å²) in [7, 11) is 3.80. The Morgan fingerprint density at radius 2 is 1.95 bits per heavy atom. The predicted octanol–water partition coefficient (Wildman–Crippen LogP) is 1.03. The zero-order valence-electron chi connectivity index (χ0n) is 13.5. The Balaban J connectivity index is 1.91. The SMILES string of the molecule is CN1CCN(C(=O)c2ccc3c(c2)[nH]c(=O)n3C)CC1(C)C. The van der Waals surface area contributed by atoms with E-state index in [1.165, 1.54) is 0 Å². The highest BCUT2D eigenvalue weighted by Gasteiger charge is 2.33. The number of aryl methyl sites for hydroxylation is 1. The Kier molecular flexibility index (Phi) is 3.36. The third-order valence-electron chi connectivity index (χ3n) is 4.75. The molecule has 1 aromatic heterocycles. The van der Waals surface area contributed by atoms with Crippen molar-refractivity contribution in [2.45, 2.75) is 19.4 Å². The van der Waals surface area contributed by atoms with E-state index in [9.17, 15) is 9.59 Å². The van der Waals surface area contributed by atoms with Crippen LogP contribution in [0.4, 0.5) is 0 Å². The van der Waals surface area contributed by atoms with E-state index >= 15 is 0 Å². The van der Waals surface area contributed by atoms with Crippen LogP contribution in [0.2, 0.25) is 0 Å². The minimum atomic E-state index is -0.166. The highest BCUT2D eigenvalue weighted by atomic mass is 16.2. The number of H-pyrrole nitrogens is 1. The number of piperazine rings is 1. The number of amides is 1. The summed E-state index contributed by atoms with van der Waals surface area (Å²) in [4.78, 5) is 31.3. The molecule has 1 aliphatic heterocycles. The van der Waals surface area contributed by atoms with E-state index in [1.807, 2.05) is 11.0 Å². The molecule has 2 aromatic rings. The predicted molar refractivity (Wildman–Crippen MR) is 86.2 cm³/mol. The number of rotatable bonds is 1. The number of nitrogens with one attached hydrogen (secondary N) is 1. The quantitative estimate of drug-likeness (QED) is 0.856. The molecule has 1 saturated heterocycles. The first-order chi connectivity index (χ1) is 10.3. The van der Waals surface area contributed by atoms with Gasteiger partial charge in [-0.3, -0.25) is 14.3 Å². The summed E-state index contributed by atoms with van der Waals surface area (Å²) >= 11 is 0. The molecule has 1 fully saturated rings. The molecule has 0 saturated carbocycles. The van der Waals surface area contributed by atoms with Crippen molar-refractivity contribution < 1.29 is 4.79 Å². The molecule has 6 heteroatoms. The van der Waals surface area contributed by atoms with Gasteiger partial charge < -0.3 is 9.88 Å². The number of likely N-dealkylation sites (N-methyl/N-ethyl adjacent to an activating group) is 1. The van der Waals surface area contributed by atoms with Crippen LogP contribution >= 0.6 is 0 Å². The molecule has 0 unspecified atom stereocenters. The minimum Gasteiger partial charge on any atom is -0.336 e. The number of aromatic amines is 1. The van der Waals surface area contributed by atoms with Gasteiger partial charge >= 0.3 is 5.69 Å². The fourth-order valence-corrected chi connectivity index (χ4v) is 2.97. The zero-order valence-corrected chi connectivity index (χ0v) is 13.5. The number of carbonyl (C=O) groups is 1. The van der Waals surface area contributed by atoms with Crippen molar-refractivity contribution in [2.75, 3.05) is 26.7 Å². The second-order valence-electron chi connectivity index (χ2n) is 6.68. The first kappa shape index (κ1) is 14.8. The lowest BCUT2D eigenvalue weighted by atomic mass is 9.99. The molecule has 1 aliphatic rings. The summed E-state index contributed by atoms with van der Waals surface area (Å²) in [5, 5.41) is 0. The van der Waals surface area contributed by atoms with Crippen LogP contribution < -0.4 is 5.69 Å². The highest BCUT2D eigenvalue weighted by Crippen LogP contribution is 2.21. The lowest BCUT2D eigenvalue weighted by molar-refractivity contribution is 0.0311. The molecule has 2 heterocycles. The average Bonchev–Trinajstić information content (AvgIpc) is 2.75. The smallest absolute Gasteiger partial charge is 0.326 e. The molecule has 6 nitrogen and oxygen atoms in total. The molecule has 1 N–H and O–H groups in total. The Morgan fingerprint density at radius 1 is 1.23 bits per heavy atom. The van der Waals surface area contributed by atoms with Crippen molar-refractivity contribution in [3.8, 4) is 0 Å². The number of nitrogens with zero attached hydrogens (tertiary/aromatic N) is 3. The fraction of sp³-hybridized carbons (Fsp3) is 0.500. The second-order valence-corrected chi connectivity index (χ2v) is 6.68. The van der Waals surface area contributed by atoms with Crippen LogP contribution in [0.1, 0.15) is 24.2 Å². The van der Waals surface area contributed by atoms with E-state index in [4.69, 9.17) is 0 Å². The first-order valence-corrected chi connectivity index (χ1v) is 7.49. The maximum Gasteiger partial charge on any atom is 0.326 e. The van der Waals surface area contributed by atoms with E-state index in [2.05, 4.69) is 30.8 Å². The third-order valence-corrected chi connectivity index (χ3v) is 4.75. The summed E-state index contributed by atoms with van der Waals surface area (Å²) in [6, 6.07) is 5.38. The molecule has 22 heavy (non-hydrogen) atoms. The maximum atomic E-state index is 12.7. The summed E-state index contributed by atoms with van der Waals surface area (Å²) in [5.41, 5.74) is 1.93. The number of aromatic nitrogens is 2. The van der Waals surface area contributed by atoms with Crippen LogP contribution in [0.5, 0.6) is 0 Å². The largest absolute Gasteiger partial charge is 0.336 e. The lowest BCUT2D eigenvalue weighted by Crippen LogP contribution is -2.58. The number of hydrogen-bond acceptors (Lipinski definition) is 3. The van der Waals surface area contributed by atoms with Crippen molar-refractivity contribution in [1.29, 1.82) is 0 Å². The van der Waals surface area contributed by atoms with Crippen LogP contribution in [-0.4, -0.2) is 57.5 Å². The fourth-order valence-electron chi connectivity index (χ4n) is 2.97. The molecule has 0 spiro atoms. The van der Waals surface area contributed by atoms with Gasteiger partial charge in [0.15, 0.2) is 0 Å². The molecule has 0 aliphatic carbocycles. The van der Waals surface area contributed by atoms with Crippen molar-refractivity contribution in [1.82, 2.24) is 19.4 Å². The van der Waals surface area contributed by atoms with Gasteiger partial charge in [0.25, 0.3) is 5.91 Å². The summed E-state index contributed by atoms with van der Waals surface area (Å²) in [6.45, 7) is 6.57. The first-order valence-electron chi connectivity index (χ1n) is 7.49. The van der Waals surface area contributed by atoms with E-state index in [0.717, 1.165) is 18.6 Å². The molecule has 118 valence electrons. The van der Waals surface area contributed by atoms with Gasteiger partial charge in [-0.2, -0.15) is 0 Å². The maximum absolute atomic E-state index is 12.7. The van der Waals surface area contributed by atoms with E-state index in [0.29, 0.717) is 17.6 Å². The van der Waals surface area contributed by atoms with Gasteiger partial charge in [-0.1, -0.05) is 0 Å². The monoisotopic (exact) mass is 302 g/mol. The molecular formula is C16H22N4O2. The standard InChI is InChI=1S/C16H22N4O2/c1-16(2)10-20(8-7-18(16)3)14(21)11-5-6-13-12(9-11)17-15(22)19(13)4/h5-6,9H,7-8,10H2,1-4H3,(H,17,22). The minimum absolute atomic E-state index is 0.0211. The van der Waals surface area contributed by atoms with E-state index in [-0.39, 0.29) is 17.1 Å². The molecule has 1 amide bonds. The number of imidazole rings is 1. The van der Waals surface area contributed by atoms with Gasteiger partial charge in [-0.05, 0) is 39.1 Å². The van der Waals surface area contributed by atoms with Crippen molar-refractivity contribution in [3.05, 3.63) is 34.2 Å². The topological polar surface area (TPSA) is 61.3 Å². The summed E-state index contributed by atoms with van der Waals surface area (Å²) in [5.74, 6) is 0.0211. The molecular weight excluding hydrogens is 280 g/mol. The molecule has 0 bridgehead atoms. The lowest BCUT2D eigenvalue weighted by Gasteiger charge is -2.45. The van der Waals surface area contributed by atoms with Gasteiger partial charge in [-0.25, -0.2) is 4.79 Å². The third kappa shape index (κ3) is 2.33. The van der Waals surface area contributed by atoms with Crippen molar-refractivity contribution in [3.63, 3.8) is 0 Å². The van der Waals surface area contributed by atoms with Crippen LogP contribution in [-0.2, 0) is 7.05 Å². The zero-order chi connectivity index (χ0) is 16.1. The summed E-state index contributed by atoms with van der Waals surface area (Å²) in [6.07, 6.45) is 0. The van der Waals surface area contributed by atoms with E-state index in [1.54, 1.807) is 23.7 Å². The summed E-state index contributed by atoms with van der Waals surface area (Å²) < 4.78 is 1.54. The molecule has 3 rings (SSSR count). The highest BCUT2D eigenvalue weighted by molar-refractivity contribution is 5.97. The van der Waals surface area contributed by atoms with Gasteiger partial charge in [0.1, 0.15) is 0 Å². The Morgan fingerprint density at radius 3 is 2.64 bits per heavy atom. The van der Waals surface area contributed by atoms with Crippen molar-refractivity contribution in [2.24, 2.45) is 7.05 Å². The average molecular weight is 302 g/mol. The Hall–Kier alpha value is -2.08.